The van der Waals surface area contributed by atoms with Crippen LogP contribution in [0.5, 0.6) is 0 Å². The molecule has 4 nitrogen and oxygen atoms in total. The van der Waals surface area contributed by atoms with E-state index >= 15 is 0 Å². The molecular weight excluding hydrogens is 262 g/mol. The van der Waals surface area contributed by atoms with Gasteiger partial charge in [0.05, 0.1) is 12.1 Å². The van der Waals surface area contributed by atoms with E-state index in [1.807, 2.05) is 29.2 Å². The Morgan fingerprint density at radius 2 is 1.90 bits per heavy atom. The summed E-state index contributed by atoms with van der Waals surface area (Å²) >= 11 is 0. The van der Waals surface area contributed by atoms with Crippen LogP contribution in [0.25, 0.3) is 0 Å². The van der Waals surface area contributed by atoms with E-state index < -0.39 is 0 Å². The first kappa shape index (κ1) is 15.6. The number of benzene rings is 1. The van der Waals surface area contributed by atoms with Gasteiger partial charge >= 0.3 is 0 Å². The van der Waals surface area contributed by atoms with Gasteiger partial charge in [-0.15, -0.1) is 0 Å². The summed E-state index contributed by atoms with van der Waals surface area (Å²) in [5.41, 5.74) is 6.85. The minimum absolute atomic E-state index is 0.0590. The van der Waals surface area contributed by atoms with E-state index in [-0.39, 0.29) is 5.91 Å². The molecule has 0 radical (unpaired) electrons. The van der Waals surface area contributed by atoms with Crippen molar-refractivity contribution in [1.82, 2.24) is 9.80 Å². The zero-order valence-corrected chi connectivity index (χ0v) is 13.0. The Labute approximate surface area is 126 Å². The van der Waals surface area contributed by atoms with Crippen LogP contribution in [0.2, 0.25) is 0 Å². The molecule has 0 bridgehead atoms. The Balaban J connectivity index is 2.24. The lowest BCUT2D eigenvalue weighted by atomic mass is 10.0. The Bertz CT molecular complexity index is 561. The van der Waals surface area contributed by atoms with Gasteiger partial charge in [-0.2, -0.15) is 0 Å². The second-order valence-corrected chi connectivity index (χ2v) is 5.63. The summed E-state index contributed by atoms with van der Waals surface area (Å²) in [6, 6.07) is 8.21. The minimum Gasteiger partial charge on any atom is -0.335 e. The van der Waals surface area contributed by atoms with Crippen molar-refractivity contribution in [3.63, 3.8) is 0 Å². The molecule has 1 amide bonds. The molecule has 0 aliphatic carbocycles. The van der Waals surface area contributed by atoms with Gasteiger partial charge in [0, 0.05) is 30.7 Å². The topological polar surface area (TPSA) is 49.6 Å². The van der Waals surface area contributed by atoms with Crippen molar-refractivity contribution in [3.8, 4) is 11.8 Å². The highest BCUT2D eigenvalue weighted by atomic mass is 16.2. The number of hydrogen-bond acceptors (Lipinski definition) is 3. The number of amides is 1. The largest absolute Gasteiger partial charge is 0.335 e. The molecule has 2 rings (SSSR count). The van der Waals surface area contributed by atoms with Gasteiger partial charge in [0.25, 0.3) is 5.91 Å². The van der Waals surface area contributed by atoms with Crippen LogP contribution in [0.15, 0.2) is 24.3 Å². The van der Waals surface area contributed by atoms with Crippen LogP contribution in [0, 0.1) is 11.8 Å². The minimum atomic E-state index is 0.0590. The SMILES string of the molecule is CC1CN(C(=O)c2ccccc2C#CCN)CC(C)N1C. The normalized spacial score (nSPS) is 22.6. The van der Waals surface area contributed by atoms with Crippen LogP contribution in [-0.4, -0.2) is 54.5 Å². The number of carbonyl (C=O) groups excluding carboxylic acids is 1. The first-order chi connectivity index (χ1) is 10.0. The predicted molar refractivity (Wildman–Crippen MR) is 85.0 cm³/mol. The number of nitrogens with two attached hydrogens (primary N) is 1. The second kappa shape index (κ2) is 6.75. The van der Waals surface area contributed by atoms with E-state index in [4.69, 9.17) is 5.73 Å². The highest BCUT2D eigenvalue weighted by Gasteiger charge is 2.30. The lowest BCUT2D eigenvalue weighted by molar-refractivity contribution is 0.0414. The van der Waals surface area contributed by atoms with E-state index in [0.717, 1.165) is 18.7 Å². The van der Waals surface area contributed by atoms with Crippen molar-refractivity contribution >= 4 is 5.91 Å². The van der Waals surface area contributed by atoms with Crippen molar-refractivity contribution in [1.29, 1.82) is 0 Å². The standard InChI is InChI=1S/C17H23N3O/c1-13-11-20(12-14(2)19(13)3)17(21)16-9-5-4-7-15(16)8-6-10-18/h4-5,7,9,13-14H,10-12,18H2,1-3H3. The summed E-state index contributed by atoms with van der Waals surface area (Å²) in [6.45, 7) is 6.09. The zero-order valence-electron chi connectivity index (χ0n) is 13.0. The Morgan fingerprint density at radius 1 is 1.29 bits per heavy atom. The smallest absolute Gasteiger partial charge is 0.255 e. The maximum atomic E-state index is 12.8. The maximum absolute atomic E-state index is 12.8. The van der Waals surface area contributed by atoms with Crippen LogP contribution in [0.1, 0.15) is 29.8 Å². The molecule has 0 spiro atoms. The van der Waals surface area contributed by atoms with Gasteiger partial charge in [-0.05, 0) is 33.0 Å². The molecule has 1 aliphatic rings. The van der Waals surface area contributed by atoms with Crippen molar-refractivity contribution in [2.75, 3.05) is 26.7 Å². The van der Waals surface area contributed by atoms with Crippen LogP contribution in [0.3, 0.4) is 0 Å². The van der Waals surface area contributed by atoms with Gasteiger partial charge in [-0.1, -0.05) is 24.0 Å². The fourth-order valence-electron chi connectivity index (χ4n) is 2.67. The van der Waals surface area contributed by atoms with E-state index in [1.165, 1.54) is 0 Å². The number of carbonyl (C=O) groups is 1. The molecule has 1 aromatic carbocycles. The fourth-order valence-corrected chi connectivity index (χ4v) is 2.67. The van der Waals surface area contributed by atoms with Gasteiger partial charge < -0.3 is 10.6 Å². The van der Waals surface area contributed by atoms with Crippen molar-refractivity contribution < 1.29 is 4.79 Å². The van der Waals surface area contributed by atoms with Crippen molar-refractivity contribution in [2.24, 2.45) is 5.73 Å². The summed E-state index contributed by atoms with van der Waals surface area (Å²) in [4.78, 5) is 17.0. The molecule has 21 heavy (non-hydrogen) atoms. The Hall–Kier alpha value is -1.83. The number of nitrogens with zero attached hydrogens (tertiary/aromatic N) is 2. The average Bonchev–Trinajstić information content (AvgIpc) is 2.49. The molecule has 112 valence electrons. The zero-order chi connectivity index (χ0) is 15.4. The van der Waals surface area contributed by atoms with Gasteiger partial charge in [-0.25, -0.2) is 0 Å². The number of rotatable bonds is 1. The molecule has 0 saturated carbocycles. The number of likely N-dealkylation sites (N-methyl/N-ethyl adjacent to an activating group) is 1. The number of hydrogen-bond donors (Lipinski definition) is 1. The van der Waals surface area contributed by atoms with E-state index in [0.29, 0.717) is 24.2 Å². The van der Waals surface area contributed by atoms with E-state index in [9.17, 15) is 4.79 Å². The Kier molecular flexibility index (Phi) is 5.00. The molecule has 1 aromatic rings. The average molecular weight is 285 g/mol. The molecule has 2 atom stereocenters. The summed E-state index contributed by atoms with van der Waals surface area (Å²) in [7, 11) is 2.11. The second-order valence-electron chi connectivity index (χ2n) is 5.63. The highest BCUT2D eigenvalue weighted by Crippen LogP contribution is 2.18. The van der Waals surface area contributed by atoms with Gasteiger partial charge in [-0.3, -0.25) is 9.69 Å². The Morgan fingerprint density at radius 3 is 2.52 bits per heavy atom. The summed E-state index contributed by atoms with van der Waals surface area (Å²) in [6.07, 6.45) is 0. The lowest BCUT2D eigenvalue weighted by Crippen LogP contribution is -2.56. The van der Waals surface area contributed by atoms with E-state index in [2.05, 4.69) is 37.6 Å². The summed E-state index contributed by atoms with van der Waals surface area (Å²) < 4.78 is 0. The molecule has 1 saturated heterocycles. The van der Waals surface area contributed by atoms with Crippen LogP contribution in [-0.2, 0) is 0 Å². The van der Waals surface area contributed by atoms with Crippen molar-refractivity contribution in [2.45, 2.75) is 25.9 Å². The highest BCUT2D eigenvalue weighted by molar-refractivity contribution is 5.96. The predicted octanol–water partition coefficient (Wildman–Crippen LogP) is 1.16. The van der Waals surface area contributed by atoms with Crippen LogP contribution >= 0.6 is 0 Å². The third-order valence-corrected chi connectivity index (χ3v) is 4.13. The molecule has 1 fully saturated rings. The molecule has 2 N–H and O–H groups in total. The molecule has 4 heteroatoms. The van der Waals surface area contributed by atoms with Gasteiger partial charge in [0.2, 0.25) is 0 Å². The van der Waals surface area contributed by atoms with Gasteiger partial charge in [0.15, 0.2) is 0 Å². The maximum Gasteiger partial charge on any atom is 0.255 e. The van der Waals surface area contributed by atoms with Crippen LogP contribution in [0.4, 0.5) is 0 Å². The first-order valence-electron chi connectivity index (χ1n) is 7.33. The van der Waals surface area contributed by atoms with Crippen molar-refractivity contribution in [3.05, 3.63) is 35.4 Å². The first-order valence-corrected chi connectivity index (χ1v) is 7.33. The molecule has 0 aromatic heterocycles. The van der Waals surface area contributed by atoms with Gasteiger partial charge in [0.1, 0.15) is 0 Å². The fraction of sp³-hybridized carbons (Fsp3) is 0.471. The third kappa shape index (κ3) is 3.44. The monoisotopic (exact) mass is 285 g/mol. The quantitative estimate of drug-likeness (QED) is 0.788. The van der Waals surface area contributed by atoms with Crippen LogP contribution < -0.4 is 5.73 Å². The molecule has 2 unspecified atom stereocenters. The summed E-state index contributed by atoms with van der Waals surface area (Å²) in [5.74, 6) is 5.88. The lowest BCUT2D eigenvalue weighted by Gasteiger charge is -2.42. The van der Waals surface area contributed by atoms with E-state index in [1.54, 1.807) is 0 Å². The number of piperazine rings is 1. The molecule has 1 heterocycles. The third-order valence-electron chi connectivity index (χ3n) is 4.13. The summed E-state index contributed by atoms with van der Waals surface area (Å²) in [5, 5.41) is 0. The molecule has 1 aliphatic heterocycles. The molecular formula is C17H23N3O.